The molecule has 2 bridgehead atoms. The van der Waals surface area contributed by atoms with Crippen molar-refractivity contribution in [2.24, 2.45) is 5.73 Å². The molecule has 9 nitrogen and oxygen atoms in total. The lowest BCUT2D eigenvalue weighted by atomic mass is 9.92. The van der Waals surface area contributed by atoms with E-state index in [4.69, 9.17) is 20.6 Å². The van der Waals surface area contributed by atoms with Crippen molar-refractivity contribution in [3.63, 3.8) is 0 Å². The van der Waals surface area contributed by atoms with Gasteiger partial charge in [-0.05, 0) is 24.6 Å². The van der Waals surface area contributed by atoms with Crippen LogP contribution in [0.4, 0.5) is 0 Å². The van der Waals surface area contributed by atoms with E-state index in [9.17, 15) is 4.79 Å². The fourth-order valence-corrected chi connectivity index (χ4v) is 7.57. The van der Waals surface area contributed by atoms with E-state index in [0.29, 0.717) is 13.0 Å². The maximum Gasteiger partial charge on any atom is 0.252 e. The minimum absolute atomic E-state index is 0.0162. The van der Waals surface area contributed by atoms with Gasteiger partial charge < -0.3 is 34.6 Å². The first-order valence-corrected chi connectivity index (χ1v) is 12.9. The molecule has 0 radical (unpaired) electrons. The van der Waals surface area contributed by atoms with Crippen LogP contribution in [-0.4, -0.2) is 52.2 Å². The largest absolute Gasteiger partial charge is 0.374 e. The number of hydrogen-bond donors (Lipinski definition) is 3. The molecule has 5 heterocycles. The third kappa shape index (κ3) is 2.35. The number of hydrogen-bond acceptors (Lipinski definition) is 4. The van der Waals surface area contributed by atoms with Crippen molar-refractivity contribution in [2.45, 2.75) is 44.0 Å². The van der Waals surface area contributed by atoms with E-state index in [1.807, 2.05) is 31.3 Å². The molecule has 3 aliphatic rings. The van der Waals surface area contributed by atoms with Gasteiger partial charge in [0.1, 0.15) is 12.3 Å². The van der Waals surface area contributed by atoms with Crippen molar-refractivity contribution in [2.75, 3.05) is 14.2 Å². The molecule has 0 aliphatic carbocycles. The van der Waals surface area contributed by atoms with Gasteiger partial charge in [0.25, 0.3) is 5.91 Å². The molecular weight excluding hydrogens is 480 g/mol. The van der Waals surface area contributed by atoms with Crippen molar-refractivity contribution >= 4 is 55.5 Å². The van der Waals surface area contributed by atoms with E-state index in [1.165, 1.54) is 0 Å². The van der Waals surface area contributed by atoms with Gasteiger partial charge in [0.05, 0.1) is 33.7 Å². The van der Waals surface area contributed by atoms with Crippen LogP contribution in [0.3, 0.4) is 0 Å². The third-order valence-corrected chi connectivity index (χ3v) is 9.07. The highest BCUT2D eigenvalue weighted by molar-refractivity contribution is 6.31. The number of carbonyl (C=O) groups is 1. The summed E-state index contributed by atoms with van der Waals surface area (Å²) in [7, 11) is 3.54. The van der Waals surface area contributed by atoms with Gasteiger partial charge >= 0.3 is 0 Å². The molecule has 0 saturated carbocycles. The zero-order chi connectivity index (χ0) is 26.1. The second-order valence-electron chi connectivity index (χ2n) is 10.8. The Morgan fingerprint density at radius 2 is 1.82 bits per heavy atom. The summed E-state index contributed by atoms with van der Waals surface area (Å²) in [6, 6.07) is 16.4. The molecule has 192 valence electrons. The number of para-hydroxylation sites is 2. The molecule has 1 amide bonds. The number of nitrogens with zero attached hydrogens (tertiary/aromatic N) is 3. The number of likely N-dealkylation sites (N-methyl/N-ethyl adjacent to an activating group) is 1. The normalized spacial score (nSPS) is 25.9. The maximum atomic E-state index is 13.4. The number of rotatable bonds is 2. The molecule has 2 aromatic heterocycles. The third-order valence-electron chi connectivity index (χ3n) is 9.07. The summed E-state index contributed by atoms with van der Waals surface area (Å²) in [6.45, 7) is 2.57. The second-order valence-corrected chi connectivity index (χ2v) is 10.8. The Morgan fingerprint density at radius 3 is 2.53 bits per heavy atom. The lowest BCUT2D eigenvalue weighted by Crippen LogP contribution is -2.62. The van der Waals surface area contributed by atoms with Crippen LogP contribution in [0.25, 0.3) is 43.6 Å². The minimum atomic E-state index is -0.926. The summed E-state index contributed by atoms with van der Waals surface area (Å²) in [5.74, 6) is -0.0533. The van der Waals surface area contributed by atoms with Gasteiger partial charge in [-0.2, -0.15) is 0 Å². The van der Waals surface area contributed by atoms with E-state index >= 15 is 0 Å². The second kappa shape index (κ2) is 7.06. The highest BCUT2D eigenvalue weighted by Gasteiger charge is 2.54. The van der Waals surface area contributed by atoms with Crippen molar-refractivity contribution < 1.29 is 14.3 Å². The number of fused-ring (bicyclic) bond motifs is 13. The Labute approximate surface area is 218 Å². The number of benzene rings is 3. The molecule has 8 rings (SSSR count). The van der Waals surface area contributed by atoms with Crippen LogP contribution in [-0.2, 0) is 21.7 Å². The van der Waals surface area contributed by atoms with Gasteiger partial charge in [0, 0.05) is 48.7 Å². The fraction of sp³-hybridized carbons (Fsp3) is 0.310. The lowest BCUT2D eigenvalue weighted by Gasteiger charge is -2.50. The number of ether oxygens (including phenoxy) is 2. The summed E-state index contributed by atoms with van der Waals surface area (Å²) in [4.78, 5) is 15.2. The van der Waals surface area contributed by atoms with E-state index < -0.39 is 11.8 Å². The number of aromatic nitrogens is 2. The molecule has 9 heteroatoms. The van der Waals surface area contributed by atoms with Crippen molar-refractivity contribution in [1.29, 1.82) is 5.41 Å². The number of nitrogens with two attached hydrogens (primary N) is 1. The average molecular weight is 509 g/mol. The monoisotopic (exact) mass is 508 g/mol. The van der Waals surface area contributed by atoms with Gasteiger partial charge in [0.15, 0.2) is 11.7 Å². The fourth-order valence-electron chi connectivity index (χ4n) is 7.57. The molecular formula is C29H28N6O3. The van der Waals surface area contributed by atoms with Crippen molar-refractivity contribution in [3.8, 4) is 0 Å². The topological polar surface area (TPSA) is 111 Å². The molecule has 38 heavy (non-hydrogen) atoms. The smallest absolute Gasteiger partial charge is 0.252 e. The zero-order valence-electron chi connectivity index (χ0n) is 21.4. The number of guanidine groups is 1. The van der Waals surface area contributed by atoms with Crippen LogP contribution in [0.15, 0.2) is 48.5 Å². The number of methoxy groups -OCH3 is 1. The van der Waals surface area contributed by atoms with Gasteiger partial charge in [-0.25, -0.2) is 0 Å². The minimum Gasteiger partial charge on any atom is -0.374 e. The van der Waals surface area contributed by atoms with Gasteiger partial charge in [0.2, 0.25) is 0 Å². The van der Waals surface area contributed by atoms with Crippen LogP contribution in [0, 0.1) is 5.41 Å². The molecule has 3 aliphatic heterocycles. The van der Waals surface area contributed by atoms with Crippen LogP contribution >= 0.6 is 0 Å². The number of carbonyl (C=O) groups excluding carboxylic acids is 1. The first-order valence-electron chi connectivity index (χ1n) is 12.9. The Bertz CT molecular complexity index is 1890. The predicted molar refractivity (Wildman–Crippen MR) is 146 cm³/mol. The highest BCUT2D eigenvalue weighted by Crippen LogP contribution is 2.54. The quantitative estimate of drug-likeness (QED) is 0.247. The van der Waals surface area contributed by atoms with Crippen LogP contribution in [0.2, 0.25) is 0 Å². The number of amides is 1. The first kappa shape index (κ1) is 22.0. The van der Waals surface area contributed by atoms with E-state index in [2.05, 4.69) is 45.6 Å². The molecule has 0 spiro atoms. The summed E-state index contributed by atoms with van der Waals surface area (Å²) >= 11 is 0. The van der Waals surface area contributed by atoms with Gasteiger partial charge in [-0.15, -0.1) is 0 Å². The van der Waals surface area contributed by atoms with Gasteiger partial charge in [-0.1, -0.05) is 36.4 Å². The predicted octanol–water partition coefficient (Wildman–Crippen LogP) is 3.96. The average Bonchev–Trinajstić information content (AvgIpc) is 3.55. The molecule has 5 aromatic rings. The summed E-state index contributed by atoms with van der Waals surface area (Å²) in [5, 5.41) is 15.5. The molecule has 1 fully saturated rings. The lowest BCUT2D eigenvalue weighted by molar-refractivity contribution is -0.263. The number of nitrogens with one attached hydrogen (secondary N) is 2. The highest BCUT2D eigenvalue weighted by atomic mass is 16.6. The summed E-state index contributed by atoms with van der Waals surface area (Å²) in [5.41, 5.74) is 11.0. The van der Waals surface area contributed by atoms with Crippen LogP contribution < -0.4 is 11.1 Å². The molecule has 4 atom stereocenters. The molecule has 1 saturated heterocycles. The summed E-state index contributed by atoms with van der Waals surface area (Å²) in [6.07, 6.45) is -0.235. The molecule has 0 unspecified atom stereocenters. The SMILES string of the molecule is CO[C@@H]1[C@H](N(C)C(=N)N)C[C@H]2O[C@]1(C)n1c3ccccc3c3c4c(c5c6ccccc6n2c5c31)C(=O)NC4. The maximum absolute atomic E-state index is 13.4. The van der Waals surface area contributed by atoms with Crippen molar-refractivity contribution in [3.05, 3.63) is 59.7 Å². The van der Waals surface area contributed by atoms with E-state index in [-0.39, 0.29) is 24.1 Å². The zero-order valence-corrected chi connectivity index (χ0v) is 21.4. The van der Waals surface area contributed by atoms with Crippen LogP contribution in [0.1, 0.15) is 35.5 Å². The molecule has 4 N–H and O–H groups in total. The van der Waals surface area contributed by atoms with Crippen LogP contribution in [0.5, 0.6) is 0 Å². The Kier molecular flexibility index (Phi) is 4.08. The summed E-state index contributed by atoms with van der Waals surface area (Å²) < 4.78 is 17.9. The Balaban J connectivity index is 1.66. The van der Waals surface area contributed by atoms with E-state index in [1.54, 1.807) is 12.0 Å². The Morgan fingerprint density at radius 1 is 1.13 bits per heavy atom. The Hall–Kier alpha value is -4.08. The molecule has 3 aromatic carbocycles. The van der Waals surface area contributed by atoms with Crippen molar-refractivity contribution in [1.82, 2.24) is 19.4 Å². The van der Waals surface area contributed by atoms with Gasteiger partial charge in [-0.3, -0.25) is 10.2 Å². The first-order chi connectivity index (χ1) is 18.4. The standard InChI is InChI=1S/C29H28N6O3/c1-29-26(37-3)19(33(2)28(30)31)12-20(38-29)34-17-10-6-4-8-14(17)22-23-16(13-32-27(23)36)21-15-9-5-7-11-18(15)35(29)25(21)24(22)34/h4-11,19-20,26H,12-13H2,1-3H3,(H3,30,31)(H,32,36)/t19-,20-,26-,29+/m1/s1. The van der Waals surface area contributed by atoms with E-state index in [0.717, 1.165) is 54.7 Å².